The Kier molecular flexibility index (Phi) is 4.98. The second-order valence-electron chi connectivity index (χ2n) is 4.68. The second kappa shape index (κ2) is 7.13. The molecule has 1 aromatic heterocycles. The zero-order valence-electron chi connectivity index (χ0n) is 11.7. The molecule has 3 N–H and O–H groups in total. The topological polar surface area (TPSA) is 105 Å². The Morgan fingerprint density at radius 3 is 2.64 bits per heavy atom. The molecule has 0 saturated heterocycles. The molecule has 7 heteroatoms. The number of rotatable bonds is 6. The maximum Gasteiger partial charge on any atom is 0.222 e. The Morgan fingerprint density at radius 2 is 2.00 bits per heavy atom. The first-order valence-electron chi connectivity index (χ1n) is 6.59. The molecule has 1 aromatic carbocycles. The maximum absolute atomic E-state index is 12.9. The number of benzene rings is 1. The molecule has 0 fully saturated rings. The molecule has 0 aliphatic heterocycles. The number of primary amides is 1. The molecule has 0 aliphatic carbocycles. The SMILES string of the molecule is N#Cc1nccnc1NC[C@H](Cc1ccc(F)cc1)C(N)=O. The zero-order valence-corrected chi connectivity index (χ0v) is 11.7. The minimum Gasteiger partial charge on any atom is -0.369 e. The van der Waals surface area contributed by atoms with Crippen LogP contribution >= 0.6 is 0 Å². The Morgan fingerprint density at radius 1 is 1.32 bits per heavy atom. The lowest BCUT2D eigenvalue weighted by Crippen LogP contribution is -2.31. The predicted octanol–water partition coefficient (Wildman–Crippen LogP) is 1.24. The van der Waals surface area contributed by atoms with Gasteiger partial charge in [-0.2, -0.15) is 5.26 Å². The maximum atomic E-state index is 12.9. The van der Waals surface area contributed by atoms with Crippen molar-refractivity contribution in [1.29, 1.82) is 5.26 Å². The average Bonchev–Trinajstić information content (AvgIpc) is 2.53. The van der Waals surface area contributed by atoms with Gasteiger partial charge in [0.05, 0.1) is 5.92 Å². The summed E-state index contributed by atoms with van der Waals surface area (Å²) in [6.45, 7) is 0.208. The van der Waals surface area contributed by atoms with Crippen molar-refractivity contribution in [2.75, 3.05) is 11.9 Å². The van der Waals surface area contributed by atoms with Crippen molar-refractivity contribution in [3.63, 3.8) is 0 Å². The van der Waals surface area contributed by atoms with Crippen LogP contribution in [0.15, 0.2) is 36.7 Å². The van der Waals surface area contributed by atoms with Crippen LogP contribution in [0.4, 0.5) is 10.2 Å². The number of carbonyl (C=O) groups is 1. The molecule has 2 rings (SSSR count). The average molecular weight is 299 g/mol. The highest BCUT2D eigenvalue weighted by molar-refractivity contribution is 5.77. The van der Waals surface area contributed by atoms with Gasteiger partial charge in [0.25, 0.3) is 0 Å². The quantitative estimate of drug-likeness (QED) is 0.835. The number of nitrogens with two attached hydrogens (primary N) is 1. The van der Waals surface area contributed by atoms with Gasteiger partial charge in [-0.15, -0.1) is 0 Å². The number of anilines is 1. The number of nitrogens with zero attached hydrogens (tertiary/aromatic N) is 3. The van der Waals surface area contributed by atoms with E-state index in [-0.39, 0.29) is 18.1 Å². The lowest BCUT2D eigenvalue weighted by atomic mass is 9.98. The number of nitriles is 1. The molecule has 112 valence electrons. The van der Waals surface area contributed by atoms with Crippen LogP contribution in [0.25, 0.3) is 0 Å². The fraction of sp³-hybridized carbons (Fsp3) is 0.200. The van der Waals surface area contributed by atoms with Gasteiger partial charge in [0, 0.05) is 18.9 Å². The van der Waals surface area contributed by atoms with Gasteiger partial charge in [-0.25, -0.2) is 14.4 Å². The number of hydrogen-bond acceptors (Lipinski definition) is 5. The molecule has 0 saturated carbocycles. The first-order valence-corrected chi connectivity index (χ1v) is 6.59. The van der Waals surface area contributed by atoms with Gasteiger partial charge in [-0.3, -0.25) is 4.79 Å². The Balaban J connectivity index is 2.05. The van der Waals surface area contributed by atoms with E-state index in [4.69, 9.17) is 11.0 Å². The van der Waals surface area contributed by atoms with Crippen LogP contribution in [0.3, 0.4) is 0 Å². The number of hydrogen-bond donors (Lipinski definition) is 2. The molecule has 1 amide bonds. The van der Waals surface area contributed by atoms with Crippen molar-refractivity contribution in [3.8, 4) is 6.07 Å². The number of carbonyl (C=O) groups excluding carboxylic acids is 1. The summed E-state index contributed by atoms with van der Waals surface area (Å²) in [5.74, 6) is -1.04. The van der Waals surface area contributed by atoms with E-state index in [0.29, 0.717) is 12.2 Å². The van der Waals surface area contributed by atoms with E-state index in [1.165, 1.54) is 24.5 Å². The van der Waals surface area contributed by atoms with Crippen LogP contribution in [-0.4, -0.2) is 22.4 Å². The van der Waals surface area contributed by atoms with Crippen molar-refractivity contribution < 1.29 is 9.18 Å². The van der Waals surface area contributed by atoms with Gasteiger partial charge in [-0.1, -0.05) is 12.1 Å². The smallest absolute Gasteiger partial charge is 0.222 e. The molecule has 0 bridgehead atoms. The van der Waals surface area contributed by atoms with E-state index >= 15 is 0 Å². The van der Waals surface area contributed by atoms with Crippen LogP contribution in [-0.2, 0) is 11.2 Å². The van der Waals surface area contributed by atoms with Crippen molar-refractivity contribution in [1.82, 2.24) is 9.97 Å². The van der Waals surface area contributed by atoms with E-state index in [2.05, 4.69) is 15.3 Å². The molecule has 1 atom stereocenters. The number of nitrogens with one attached hydrogen (secondary N) is 1. The lowest BCUT2D eigenvalue weighted by Gasteiger charge is -2.15. The monoisotopic (exact) mass is 299 g/mol. The van der Waals surface area contributed by atoms with Crippen molar-refractivity contribution in [3.05, 3.63) is 53.7 Å². The molecular formula is C15H14FN5O. The van der Waals surface area contributed by atoms with E-state index < -0.39 is 11.8 Å². The highest BCUT2D eigenvalue weighted by Crippen LogP contribution is 2.12. The highest BCUT2D eigenvalue weighted by Gasteiger charge is 2.17. The Hall–Kier alpha value is -3.01. The van der Waals surface area contributed by atoms with Gasteiger partial charge >= 0.3 is 0 Å². The van der Waals surface area contributed by atoms with Crippen LogP contribution in [0.2, 0.25) is 0 Å². The first-order chi connectivity index (χ1) is 10.6. The minimum absolute atomic E-state index is 0.146. The second-order valence-corrected chi connectivity index (χ2v) is 4.68. The molecule has 0 unspecified atom stereocenters. The van der Waals surface area contributed by atoms with Gasteiger partial charge in [-0.05, 0) is 24.1 Å². The summed E-state index contributed by atoms with van der Waals surface area (Å²) in [5, 5.41) is 11.8. The van der Waals surface area contributed by atoms with E-state index in [0.717, 1.165) is 5.56 Å². The van der Waals surface area contributed by atoms with E-state index in [1.807, 2.05) is 6.07 Å². The fourth-order valence-electron chi connectivity index (χ4n) is 1.95. The minimum atomic E-state index is -0.515. The molecular weight excluding hydrogens is 285 g/mol. The third kappa shape index (κ3) is 3.99. The standard InChI is InChI=1S/C15H14FN5O/c16-12-3-1-10(2-4-12)7-11(14(18)22)9-21-15-13(8-17)19-5-6-20-15/h1-6,11H,7,9H2,(H2,18,22)(H,20,21)/t11-/m0/s1. The molecule has 2 aromatic rings. The molecule has 0 aliphatic rings. The summed E-state index contributed by atoms with van der Waals surface area (Å²) >= 11 is 0. The van der Waals surface area contributed by atoms with Crippen molar-refractivity contribution >= 4 is 11.7 Å². The third-order valence-electron chi connectivity index (χ3n) is 3.12. The van der Waals surface area contributed by atoms with E-state index in [1.54, 1.807) is 12.1 Å². The first kappa shape index (κ1) is 15.4. The summed E-state index contributed by atoms with van der Waals surface area (Å²) in [6.07, 6.45) is 3.22. The van der Waals surface area contributed by atoms with Crippen molar-refractivity contribution in [2.45, 2.75) is 6.42 Å². The summed E-state index contributed by atoms with van der Waals surface area (Å²) in [6, 6.07) is 7.78. The Labute approximate surface area is 126 Å². The largest absolute Gasteiger partial charge is 0.369 e. The zero-order chi connectivity index (χ0) is 15.9. The number of halogens is 1. The molecule has 0 spiro atoms. The molecule has 0 radical (unpaired) electrons. The van der Waals surface area contributed by atoms with Crippen LogP contribution in [0, 0.1) is 23.1 Å². The Bertz CT molecular complexity index is 696. The van der Waals surface area contributed by atoms with Gasteiger partial charge in [0.2, 0.25) is 5.91 Å². The molecule has 6 nitrogen and oxygen atoms in total. The van der Waals surface area contributed by atoms with Gasteiger partial charge in [0.1, 0.15) is 11.9 Å². The van der Waals surface area contributed by atoms with E-state index in [9.17, 15) is 9.18 Å². The normalized spacial score (nSPS) is 11.5. The fourth-order valence-corrected chi connectivity index (χ4v) is 1.95. The van der Waals surface area contributed by atoms with Gasteiger partial charge in [0.15, 0.2) is 11.5 Å². The van der Waals surface area contributed by atoms with Crippen LogP contribution in [0.1, 0.15) is 11.3 Å². The van der Waals surface area contributed by atoms with Gasteiger partial charge < -0.3 is 11.1 Å². The molecule has 22 heavy (non-hydrogen) atoms. The summed E-state index contributed by atoms with van der Waals surface area (Å²) in [4.78, 5) is 19.4. The van der Waals surface area contributed by atoms with Crippen molar-refractivity contribution in [2.24, 2.45) is 11.7 Å². The lowest BCUT2D eigenvalue weighted by molar-refractivity contribution is -0.121. The summed E-state index contributed by atoms with van der Waals surface area (Å²) in [5.41, 5.74) is 6.34. The highest BCUT2D eigenvalue weighted by atomic mass is 19.1. The van der Waals surface area contributed by atoms with Crippen LogP contribution in [0.5, 0.6) is 0 Å². The third-order valence-corrected chi connectivity index (χ3v) is 3.12. The number of amides is 1. The summed E-state index contributed by atoms with van der Waals surface area (Å²) < 4.78 is 12.9. The molecule has 1 heterocycles. The van der Waals surface area contributed by atoms with Crippen LogP contribution < -0.4 is 11.1 Å². The number of aromatic nitrogens is 2. The predicted molar refractivity (Wildman–Crippen MR) is 78.0 cm³/mol. The summed E-state index contributed by atoms with van der Waals surface area (Å²) in [7, 11) is 0.